The molecule has 0 radical (unpaired) electrons. The Bertz CT molecular complexity index is 1060. The van der Waals surface area contributed by atoms with Crippen LogP contribution in [0, 0.1) is 0 Å². The van der Waals surface area contributed by atoms with Gasteiger partial charge in [0.2, 0.25) is 15.9 Å². The third-order valence-corrected chi connectivity index (χ3v) is 7.25. The fourth-order valence-corrected chi connectivity index (χ4v) is 5.46. The van der Waals surface area contributed by atoms with Gasteiger partial charge in [-0.25, -0.2) is 13.2 Å². The van der Waals surface area contributed by atoms with Gasteiger partial charge < -0.3 is 19.3 Å². The van der Waals surface area contributed by atoms with E-state index in [9.17, 15) is 18.0 Å². The van der Waals surface area contributed by atoms with Crippen LogP contribution in [0.4, 0.5) is 10.5 Å². The van der Waals surface area contributed by atoms with Gasteiger partial charge in [-0.2, -0.15) is 4.31 Å². The van der Waals surface area contributed by atoms with Crippen molar-refractivity contribution < 1.29 is 27.5 Å². The number of hydrogen-bond donors (Lipinski definition) is 0. The number of rotatable bonds is 2. The number of ether oxygens (including phenoxy) is 2. The molecule has 9 nitrogen and oxygen atoms in total. The van der Waals surface area contributed by atoms with Crippen LogP contribution in [0.3, 0.4) is 0 Å². The Balaban J connectivity index is 1.48. The Kier molecular flexibility index (Phi) is 5.25. The van der Waals surface area contributed by atoms with Crippen LogP contribution >= 0.6 is 0 Å². The van der Waals surface area contributed by atoms with Crippen molar-refractivity contribution in [3.63, 3.8) is 0 Å². The molecule has 3 heterocycles. The van der Waals surface area contributed by atoms with Gasteiger partial charge in [-0.3, -0.25) is 4.79 Å². The van der Waals surface area contributed by atoms with Gasteiger partial charge in [-0.1, -0.05) is 0 Å². The highest BCUT2D eigenvalue weighted by atomic mass is 32.2. The molecule has 1 aromatic carbocycles. The van der Waals surface area contributed by atoms with Gasteiger partial charge in [-0.05, 0) is 50.1 Å². The van der Waals surface area contributed by atoms with Crippen LogP contribution in [0.5, 0.6) is 5.75 Å². The number of fused-ring (bicyclic) bond motifs is 1. The molecule has 1 aromatic rings. The molecule has 0 aromatic heterocycles. The molecule has 4 rings (SSSR count). The molecule has 0 unspecified atom stereocenters. The Hall–Kier alpha value is -2.59. The number of benzene rings is 1. The van der Waals surface area contributed by atoms with E-state index in [1.165, 1.54) is 28.3 Å². The summed E-state index contributed by atoms with van der Waals surface area (Å²) in [6, 6.07) is 4.61. The van der Waals surface area contributed by atoms with E-state index < -0.39 is 21.7 Å². The topological polar surface area (TPSA) is 96.5 Å². The standard InChI is InChI=1S/C21H27N3O6S/c1-14(25)24-7-8-29-19-6-5-17(9-18(19)24)31(27,28)23-12-15-10-22(11-16(15)13-23)20(26)30-21(2,3)4/h5-6,9H,7-8,10-13H2,1-4H3. The molecule has 0 aliphatic carbocycles. The van der Waals surface area contributed by atoms with Crippen LogP contribution in [0.15, 0.2) is 34.2 Å². The normalized spacial score (nSPS) is 19.2. The van der Waals surface area contributed by atoms with Crippen molar-refractivity contribution in [2.75, 3.05) is 44.2 Å². The van der Waals surface area contributed by atoms with Crippen LogP contribution in [0.1, 0.15) is 27.7 Å². The molecule has 0 atom stereocenters. The van der Waals surface area contributed by atoms with Crippen molar-refractivity contribution in [2.24, 2.45) is 0 Å². The van der Waals surface area contributed by atoms with Crippen LogP contribution in [-0.4, -0.2) is 74.6 Å². The predicted molar refractivity (Wildman–Crippen MR) is 114 cm³/mol. The van der Waals surface area contributed by atoms with E-state index in [0.29, 0.717) is 37.7 Å². The molecule has 3 aliphatic heterocycles. The van der Waals surface area contributed by atoms with Crippen LogP contribution in [-0.2, 0) is 19.6 Å². The second-order valence-electron chi connectivity index (χ2n) is 8.97. The predicted octanol–water partition coefficient (Wildman–Crippen LogP) is 1.98. The fraction of sp³-hybridized carbons (Fsp3) is 0.524. The van der Waals surface area contributed by atoms with Gasteiger partial charge >= 0.3 is 6.09 Å². The van der Waals surface area contributed by atoms with Crippen LogP contribution < -0.4 is 9.64 Å². The zero-order chi connectivity index (χ0) is 22.6. The molecule has 0 spiro atoms. The summed E-state index contributed by atoms with van der Waals surface area (Å²) in [5.74, 6) is 0.332. The number of carbonyl (C=O) groups is 2. The highest BCUT2D eigenvalue weighted by Gasteiger charge is 2.39. The third-order valence-electron chi connectivity index (χ3n) is 5.46. The van der Waals surface area contributed by atoms with Gasteiger partial charge in [0.05, 0.1) is 17.1 Å². The van der Waals surface area contributed by atoms with E-state index in [1.807, 2.05) is 20.8 Å². The lowest BCUT2D eigenvalue weighted by Crippen LogP contribution is -2.39. The minimum Gasteiger partial charge on any atom is -0.490 e. The number of nitrogens with zero attached hydrogens (tertiary/aromatic N) is 3. The van der Waals surface area contributed by atoms with E-state index >= 15 is 0 Å². The third kappa shape index (κ3) is 4.14. The smallest absolute Gasteiger partial charge is 0.410 e. The number of carbonyl (C=O) groups excluding carboxylic acids is 2. The largest absolute Gasteiger partial charge is 0.490 e. The van der Waals surface area contributed by atoms with Crippen LogP contribution in [0.2, 0.25) is 0 Å². The first kappa shape index (κ1) is 21.6. The van der Waals surface area contributed by atoms with E-state index in [0.717, 1.165) is 11.1 Å². The monoisotopic (exact) mass is 449 g/mol. The molecule has 0 N–H and O–H groups in total. The summed E-state index contributed by atoms with van der Waals surface area (Å²) in [5, 5.41) is 0. The molecule has 0 saturated heterocycles. The van der Waals surface area contributed by atoms with Crippen molar-refractivity contribution in [2.45, 2.75) is 38.2 Å². The molecule has 31 heavy (non-hydrogen) atoms. The highest BCUT2D eigenvalue weighted by molar-refractivity contribution is 7.89. The maximum Gasteiger partial charge on any atom is 0.410 e. The van der Waals surface area contributed by atoms with Crippen LogP contribution in [0.25, 0.3) is 0 Å². The summed E-state index contributed by atoms with van der Waals surface area (Å²) in [6.07, 6.45) is -0.393. The van der Waals surface area contributed by atoms with Gasteiger partial charge in [0, 0.05) is 33.1 Å². The minimum absolute atomic E-state index is 0.119. The summed E-state index contributed by atoms with van der Waals surface area (Å²) >= 11 is 0. The van der Waals surface area contributed by atoms with E-state index in [1.54, 1.807) is 11.0 Å². The highest BCUT2D eigenvalue weighted by Crippen LogP contribution is 2.36. The first-order valence-electron chi connectivity index (χ1n) is 10.2. The molecule has 168 valence electrons. The minimum atomic E-state index is -3.77. The number of hydrogen-bond acceptors (Lipinski definition) is 6. The van der Waals surface area contributed by atoms with E-state index in [-0.39, 0.29) is 23.9 Å². The molecule has 0 saturated carbocycles. The summed E-state index contributed by atoms with van der Waals surface area (Å²) in [5.41, 5.74) is 1.75. The zero-order valence-corrected chi connectivity index (χ0v) is 19.0. The van der Waals surface area contributed by atoms with Crippen molar-refractivity contribution in [1.29, 1.82) is 0 Å². The Morgan fingerprint density at radius 1 is 1.06 bits per heavy atom. The molecule has 3 aliphatic rings. The van der Waals surface area contributed by atoms with Crippen molar-refractivity contribution in [3.8, 4) is 5.75 Å². The molecular weight excluding hydrogens is 422 g/mol. The Labute approximate surface area is 182 Å². The molecule has 10 heteroatoms. The first-order chi connectivity index (χ1) is 14.5. The Morgan fingerprint density at radius 2 is 1.71 bits per heavy atom. The molecular formula is C21H27N3O6S. The summed E-state index contributed by atoms with van der Waals surface area (Å²) in [4.78, 5) is 27.5. The first-order valence-corrected chi connectivity index (χ1v) is 11.6. The second kappa shape index (κ2) is 7.52. The van der Waals surface area contributed by atoms with Crippen molar-refractivity contribution in [3.05, 3.63) is 29.3 Å². The number of sulfonamides is 1. The summed E-state index contributed by atoms with van der Waals surface area (Å²) < 4.78 is 39.0. The average molecular weight is 450 g/mol. The molecule has 2 amide bonds. The maximum atomic E-state index is 13.3. The Morgan fingerprint density at radius 3 is 2.29 bits per heavy atom. The van der Waals surface area contributed by atoms with E-state index in [4.69, 9.17) is 9.47 Å². The van der Waals surface area contributed by atoms with Crippen molar-refractivity contribution in [1.82, 2.24) is 9.21 Å². The van der Waals surface area contributed by atoms with Gasteiger partial charge in [-0.15, -0.1) is 0 Å². The molecule has 0 bridgehead atoms. The van der Waals surface area contributed by atoms with Gasteiger partial charge in [0.15, 0.2) is 0 Å². The fourth-order valence-electron chi connectivity index (χ4n) is 4.01. The second-order valence-corrected chi connectivity index (χ2v) is 10.9. The number of amides is 2. The van der Waals surface area contributed by atoms with Crippen molar-refractivity contribution >= 4 is 27.7 Å². The lowest BCUT2D eigenvalue weighted by Gasteiger charge is -2.29. The summed E-state index contributed by atoms with van der Waals surface area (Å²) in [6.45, 7) is 8.84. The average Bonchev–Trinajstić information content (AvgIpc) is 3.25. The number of anilines is 1. The van der Waals surface area contributed by atoms with Gasteiger partial charge in [0.25, 0.3) is 0 Å². The quantitative estimate of drug-likeness (QED) is 0.641. The summed E-state index contributed by atoms with van der Waals surface area (Å²) in [7, 11) is -3.77. The maximum absolute atomic E-state index is 13.3. The van der Waals surface area contributed by atoms with Gasteiger partial charge in [0.1, 0.15) is 18.0 Å². The van der Waals surface area contributed by atoms with E-state index in [2.05, 4.69) is 0 Å². The molecule has 0 fully saturated rings. The SMILES string of the molecule is CC(=O)N1CCOc2ccc(S(=O)(=O)N3CC4=C(CN(C(=O)OC(C)(C)C)C4)C3)cc21. The zero-order valence-electron chi connectivity index (χ0n) is 18.2. The lowest BCUT2D eigenvalue weighted by molar-refractivity contribution is -0.116. The lowest BCUT2D eigenvalue weighted by atomic mass is 10.2.